The average Bonchev–Trinajstić information content (AvgIpc) is 2.49. The molecule has 1 heterocycles. The maximum absolute atomic E-state index is 11.1. The third kappa shape index (κ3) is 3.32. The largest absolute Gasteiger partial charge is 0.433 e. The molecule has 7 heteroatoms. The van der Waals surface area contributed by atoms with Crippen LogP contribution in [0.25, 0.3) is 0 Å². The Kier molecular flexibility index (Phi) is 4.43. The van der Waals surface area contributed by atoms with Crippen LogP contribution in [0.3, 0.4) is 0 Å². The molecular weight excluding hydrogens is 272 g/mol. The fourth-order valence-corrected chi connectivity index (χ4v) is 1.76. The number of ether oxygens (including phenoxy) is 1. The Bertz CT molecular complexity index is 710. The molecule has 7 nitrogen and oxygen atoms in total. The molecule has 0 amide bonds. The Morgan fingerprint density at radius 3 is 2.90 bits per heavy atom. The van der Waals surface area contributed by atoms with E-state index in [-0.39, 0.29) is 17.1 Å². The second-order valence-electron chi connectivity index (χ2n) is 4.16. The topological polar surface area (TPSA) is 101 Å². The first kappa shape index (κ1) is 14.4. The number of rotatable bonds is 5. The van der Waals surface area contributed by atoms with Gasteiger partial charge >= 0.3 is 5.69 Å². The third-order valence-corrected chi connectivity index (χ3v) is 2.70. The number of para-hydroxylation sites is 1. The number of benzene rings is 1. The molecule has 2 rings (SSSR count). The van der Waals surface area contributed by atoms with Crippen molar-refractivity contribution in [2.45, 2.75) is 6.54 Å². The van der Waals surface area contributed by atoms with E-state index < -0.39 is 4.92 Å². The fourth-order valence-electron chi connectivity index (χ4n) is 1.76. The summed E-state index contributed by atoms with van der Waals surface area (Å²) in [6, 6.07) is 10.1. The van der Waals surface area contributed by atoms with Gasteiger partial charge in [0, 0.05) is 24.4 Å². The lowest BCUT2D eigenvalue weighted by molar-refractivity contribution is -0.386. The van der Waals surface area contributed by atoms with Crippen LogP contribution in [0, 0.1) is 21.4 Å². The van der Waals surface area contributed by atoms with Gasteiger partial charge in [-0.15, -0.1) is 0 Å². The summed E-state index contributed by atoms with van der Waals surface area (Å²) in [6.07, 6.45) is 1.24. The van der Waals surface area contributed by atoms with E-state index in [9.17, 15) is 10.1 Å². The van der Waals surface area contributed by atoms with E-state index in [0.717, 1.165) is 11.6 Å². The highest BCUT2D eigenvalue weighted by atomic mass is 16.6. The summed E-state index contributed by atoms with van der Waals surface area (Å²) in [4.78, 5) is 14.3. The van der Waals surface area contributed by atoms with Crippen molar-refractivity contribution >= 4 is 5.69 Å². The van der Waals surface area contributed by atoms with Gasteiger partial charge in [0.15, 0.2) is 0 Å². The smallest absolute Gasteiger partial charge is 0.332 e. The van der Waals surface area contributed by atoms with Gasteiger partial charge in [-0.05, 0) is 13.1 Å². The van der Waals surface area contributed by atoms with Crippen LogP contribution in [0.5, 0.6) is 11.6 Å². The number of nitriles is 1. The minimum atomic E-state index is -0.621. The SMILES string of the molecule is CNCc1ccccc1Oc1ncc(C#N)cc1[N+](=O)[O-]. The monoisotopic (exact) mass is 284 g/mol. The standard InChI is InChI=1S/C14H12N4O3/c1-16-9-11-4-2-3-5-13(11)21-14-12(18(19)20)6-10(7-15)8-17-14/h2-6,8,16H,9H2,1H3. The zero-order valence-electron chi connectivity index (χ0n) is 11.2. The first-order valence-electron chi connectivity index (χ1n) is 6.10. The van der Waals surface area contributed by atoms with Gasteiger partial charge in [-0.1, -0.05) is 18.2 Å². The number of nitro groups is 1. The zero-order valence-corrected chi connectivity index (χ0v) is 11.2. The molecule has 0 aliphatic heterocycles. The van der Waals surface area contributed by atoms with Crippen molar-refractivity contribution in [2.75, 3.05) is 7.05 Å². The normalized spacial score (nSPS) is 9.90. The molecule has 1 aromatic carbocycles. The van der Waals surface area contributed by atoms with Crippen molar-refractivity contribution in [1.29, 1.82) is 5.26 Å². The molecule has 0 unspecified atom stereocenters. The van der Waals surface area contributed by atoms with Crippen molar-refractivity contribution in [2.24, 2.45) is 0 Å². The quantitative estimate of drug-likeness (QED) is 0.668. The molecule has 0 atom stereocenters. The summed E-state index contributed by atoms with van der Waals surface area (Å²) >= 11 is 0. The van der Waals surface area contributed by atoms with Crippen LogP contribution < -0.4 is 10.1 Å². The van der Waals surface area contributed by atoms with Crippen LogP contribution in [-0.2, 0) is 6.54 Å². The Balaban J connectivity index is 2.40. The molecule has 1 N–H and O–H groups in total. The van der Waals surface area contributed by atoms with E-state index in [0.29, 0.717) is 12.3 Å². The number of nitrogens with zero attached hydrogens (tertiary/aromatic N) is 3. The predicted octanol–water partition coefficient (Wildman–Crippen LogP) is 2.37. The van der Waals surface area contributed by atoms with E-state index in [1.165, 1.54) is 6.20 Å². The van der Waals surface area contributed by atoms with Crippen molar-refractivity contribution in [3.05, 3.63) is 57.8 Å². The summed E-state index contributed by atoms with van der Waals surface area (Å²) in [5, 5.41) is 22.8. The van der Waals surface area contributed by atoms with Crippen molar-refractivity contribution in [3.63, 3.8) is 0 Å². The molecule has 0 aliphatic carbocycles. The molecule has 0 radical (unpaired) electrons. The average molecular weight is 284 g/mol. The van der Waals surface area contributed by atoms with Crippen molar-refractivity contribution in [3.8, 4) is 17.7 Å². The Morgan fingerprint density at radius 1 is 1.48 bits per heavy atom. The zero-order chi connectivity index (χ0) is 15.2. The number of pyridine rings is 1. The van der Waals surface area contributed by atoms with Crippen molar-refractivity contribution in [1.82, 2.24) is 10.3 Å². The lowest BCUT2D eigenvalue weighted by atomic mass is 10.2. The van der Waals surface area contributed by atoms with Crippen molar-refractivity contribution < 1.29 is 9.66 Å². The molecule has 106 valence electrons. The first-order valence-corrected chi connectivity index (χ1v) is 6.10. The summed E-state index contributed by atoms with van der Waals surface area (Å²) in [5.41, 5.74) is 0.617. The van der Waals surface area contributed by atoms with Crippen LogP contribution in [0.1, 0.15) is 11.1 Å². The maximum Gasteiger partial charge on any atom is 0.332 e. The summed E-state index contributed by atoms with van der Waals surface area (Å²) in [5.74, 6) is 0.342. The highest BCUT2D eigenvalue weighted by molar-refractivity contribution is 5.49. The number of aromatic nitrogens is 1. The lowest BCUT2D eigenvalue weighted by Gasteiger charge is -2.10. The van der Waals surface area contributed by atoms with Gasteiger partial charge in [-0.2, -0.15) is 5.26 Å². The second kappa shape index (κ2) is 6.45. The predicted molar refractivity (Wildman–Crippen MR) is 74.9 cm³/mol. The van der Waals surface area contributed by atoms with Gasteiger partial charge in [0.2, 0.25) is 0 Å². The Morgan fingerprint density at radius 2 is 2.24 bits per heavy atom. The molecule has 1 aromatic heterocycles. The Hall–Kier alpha value is -2.98. The van der Waals surface area contributed by atoms with E-state index in [4.69, 9.17) is 10.00 Å². The fraction of sp³-hybridized carbons (Fsp3) is 0.143. The van der Waals surface area contributed by atoms with E-state index >= 15 is 0 Å². The van der Waals surface area contributed by atoms with Crippen LogP contribution in [-0.4, -0.2) is 17.0 Å². The van der Waals surface area contributed by atoms with Gasteiger partial charge < -0.3 is 10.1 Å². The number of nitrogens with one attached hydrogen (secondary N) is 1. The van der Waals surface area contributed by atoms with Crippen LogP contribution in [0.15, 0.2) is 36.5 Å². The molecule has 0 aliphatic rings. The maximum atomic E-state index is 11.1. The first-order chi connectivity index (χ1) is 10.2. The van der Waals surface area contributed by atoms with E-state index in [2.05, 4.69) is 10.3 Å². The van der Waals surface area contributed by atoms with Crippen LogP contribution in [0.2, 0.25) is 0 Å². The minimum absolute atomic E-state index is 0.109. The van der Waals surface area contributed by atoms with Gasteiger partial charge in [0.05, 0.1) is 10.5 Å². The van der Waals surface area contributed by atoms with Gasteiger partial charge in [0.1, 0.15) is 11.8 Å². The lowest BCUT2D eigenvalue weighted by Crippen LogP contribution is -2.06. The van der Waals surface area contributed by atoms with E-state index in [1.54, 1.807) is 19.2 Å². The highest BCUT2D eigenvalue weighted by Crippen LogP contribution is 2.31. The second-order valence-corrected chi connectivity index (χ2v) is 4.16. The van der Waals surface area contributed by atoms with Gasteiger partial charge in [0.25, 0.3) is 5.88 Å². The minimum Gasteiger partial charge on any atom is -0.433 e. The van der Waals surface area contributed by atoms with Gasteiger partial charge in [-0.25, -0.2) is 4.98 Å². The molecular formula is C14H12N4O3. The third-order valence-electron chi connectivity index (χ3n) is 2.70. The number of hydrogen-bond acceptors (Lipinski definition) is 6. The Labute approximate surface area is 121 Å². The molecule has 0 spiro atoms. The van der Waals surface area contributed by atoms with E-state index in [1.807, 2.05) is 18.2 Å². The number of hydrogen-bond donors (Lipinski definition) is 1. The summed E-state index contributed by atoms with van der Waals surface area (Å²) in [6.45, 7) is 0.556. The highest BCUT2D eigenvalue weighted by Gasteiger charge is 2.19. The molecule has 0 saturated carbocycles. The molecule has 0 bridgehead atoms. The molecule has 2 aromatic rings. The van der Waals surface area contributed by atoms with Gasteiger partial charge in [-0.3, -0.25) is 10.1 Å². The summed E-state index contributed by atoms with van der Waals surface area (Å²) in [7, 11) is 1.79. The van der Waals surface area contributed by atoms with Crippen LogP contribution in [0.4, 0.5) is 5.69 Å². The molecule has 21 heavy (non-hydrogen) atoms. The molecule has 0 saturated heterocycles. The molecule has 0 fully saturated rings. The van der Waals surface area contributed by atoms with Crippen LogP contribution >= 0.6 is 0 Å². The summed E-state index contributed by atoms with van der Waals surface area (Å²) < 4.78 is 5.55.